The van der Waals surface area contributed by atoms with E-state index in [0.29, 0.717) is 6.10 Å². The Morgan fingerprint density at radius 1 is 1.40 bits per heavy atom. The molecule has 1 aromatic rings. The van der Waals surface area contributed by atoms with E-state index in [9.17, 15) is 9.59 Å². The van der Waals surface area contributed by atoms with E-state index in [1.54, 1.807) is 19.2 Å². The summed E-state index contributed by atoms with van der Waals surface area (Å²) in [6.07, 6.45) is 0.522. The quantitative estimate of drug-likeness (QED) is 0.612. The van der Waals surface area contributed by atoms with Gasteiger partial charge < -0.3 is 15.6 Å². The van der Waals surface area contributed by atoms with Crippen molar-refractivity contribution in [2.45, 2.75) is 17.0 Å². The molecule has 7 heteroatoms. The van der Waals surface area contributed by atoms with Gasteiger partial charge in [0.05, 0.1) is 5.56 Å². The number of carboxylic acids is 1. The van der Waals surface area contributed by atoms with E-state index >= 15 is 0 Å². The third-order valence-corrected chi connectivity index (χ3v) is 5.47. The minimum Gasteiger partial charge on any atom is -0.481 e. The molecule has 3 N–H and O–H groups in total. The molecule has 1 atom stereocenters. The molecule has 0 aromatic heterocycles. The standard InChI is InChI=1S/C9H9NO4.C4H9O.Hg/c10-9(13)6-3-1-2-4-7(6)14-5-8(11)12;1-4(2)5-3;/h1-4H,5H2,(H2,10,13)(H,11,12);4H,1H2,2-3H3;. The van der Waals surface area contributed by atoms with E-state index in [4.69, 9.17) is 20.3 Å². The monoisotopic (exact) mass is 470 g/mol. The van der Waals surface area contributed by atoms with Crippen molar-refractivity contribution in [1.82, 2.24) is 0 Å². The maximum Gasteiger partial charge on any atom is 0.341 e. The summed E-state index contributed by atoms with van der Waals surface area (Å²) in [4.78, 5) is 21.1. The molecule has 0 saturated carbocycles. The van der Waals surface area contributed by atoms with E-state index in [2.05, 4.69) is 6.92 Å². The van der Waals surface area contributed by atoms with Crippen molar-refractivity contribution in [1.29, 1.82) is 0 Å². The van der Waals surface area contributed by atoms with Crippen molar-refractivity contribution in [3.05, 3.63) is 29.8 Å². The van der Waals surface area contributed by atoms with Crippen LogP contribution in [0.4, 0.5) is 0 Å². The van der Waals surface area contributed by atoms with Crippen molar-refractivity contribution >= 4 is 11.9 Å². The number of primary amides is 1. The summed E-state index contributed by atoms with van der Waals surface area (Å²) in [7, 11) is 1.76. The minimum atomic E-state index is -1.11. The molecule has 0 aliphatic carbocycles. The fourth-order valence-electron chi connectivity index (χ4n) is 1.05. The molecule has 0 heterocycles. The number of rotatable bonds is 6. The van der Waals surface area contributed by atoms with Crippen LogP contribution in [0.2, 0.25) is 3.93 Å². The summed E-state index contributed by atoms with van der Waals surface area (Å²) in [5.74, 6) is -1.57. The number of para-hydroxylation sites is 1. The third kappa shape index (κ3) is 8.11. The summed E-state index contributed by atoms with van der Waals surface area (Å²) in [5.41, 5.74) is 5.23. The second kappa shape index (κ2) is 10.6. The molecule has 6 nitrogen and oxygen atoms in total. The van der Waals surface area contributed by atoms with Crippen LogP contribution >= 0.6 is 0 Å². The molecular weight excluding hydrogens is 451 g/mol. The first kappa shape index (κ1) is 18.9. The maximum absolute atomic E-state index is 10.9. The molecule has 1 unspecified atom stereocenters. The number of carbonyl (C=O) groups excluding carboxylic acids is 1. The van der Waals surface area contributed by atoms with Gasteiger partial charge in [0, 0.05) is 0 Å². The SMILES string of the molecule is COC(C)[CH2][Hg].NC(=O)c1ccccc1OCC(=O)O. The van der Waals surface area contributed by atoms with Gasteiger partial charge in [0.15, 0.2) is 6.61 Å². The minimum absolute atomic E-state index is 0.175. The molecule has 0 spiro atoms. The topological polar surface area (TPSA) is 98.9 Å². The van der Waals surface area contributed by atoms with Crippen LogP contribution in [0.5, 0.6) is 5.75 Å². The average molecular weight is 469 g/mol. The van der Waals surface area contributed by atoms with Gasteiger partial charge >= 0.3 is 60.9 Å². The number of hydrogen-bond acceptors (Lipinski definition) is 4. The number of carbonyl (C=O) groups is 2. The van der Waals surface area contributed by atoms with Gasteiger partial charge in [-0.1, -0.05) is 12.1 Å². The van der Waals surface area contributed by atoms with Crippen LogP contribution in [0.15, 0.2) is 24.3 Å². The van der Waals surface area contributed by atoms with Crippen LogP contribution in [0.25, 0.3) is 0 Å². The van der Waals surface area contributed by atoms with Crippen LogP contribution in [0.1, 0.15) is 17.3 Å². The zero-order valence-electron chi connectivity index (χ0n) is 11.7. The van der Waals surface area contributed by atoms with Crippen LogP contribution in [-0.4, -0.2) is 36.8 Å². The van der Waals surface area contributed by atoms with E-state index in [1.807, 2.05) is 0 Å². The fraction of sp³-hybridized carbons (Fsp3) is 0.385. The van der Waals surface area contributed by atoms with Crippen molar-refractivity contribution in [2.24, 2.45) is 5.73 Å². The van der Waals surface area contributed by atoms with Gasteiger partial charge in [0.2, 0.25) is 0 Å². The first-order valence-corrected chi connectivity index (χ1v) is 9.86. The molecule has 0 aliphatic heterocycles. The zero-order valence-corrected chi connectivity index (χ0v) is 17.2. The molecule has 1 amide bonds. The molecule has 0 fully saturated rings. The Labute approximate surface area is 134 Å². The number of aliphatic carboxylic acids is 1. The molecule has 0 saturated heterocycles. The number of amides is 1. The van der Waals surface area contributed by atoms with Gasteiger partial charge in [-0.05, 0) is 12.1 Å². The predicted octanol–water partition coefficient (Wildman–Crippen LogP) is 1.24. The summed E-state index contributed by atoms with van der Waals surface area (Å²) in [6.45, 7) is 1.61. The summed E-state index contributed by atoms with van der Waals surface area (Å²) in [5, 5.41) is 8.36. The normalized spacial score (nSPS) is 11.0. The number of hydrogen-bond donors (Lipinski definition) is 2. The molecule has 0 bridgehead atoms. The molecule has 0 radical (unpaired) electrons. The van der Waals surface area contributed by atoms with E-state index in [0.717, 1.165) is 26.1 Å². The molecular formula is C13H18HgNO5. The number of benzene rings is 1. The van der Waals surface area contributed by atoms with E-state index in [-0.39, 0.29) is 11.3 Å². The van der Waals surface area contributed by atoms with E-state index in [1.165, 1.54) is 16.1 Å². The second-order valence-corrected chi connectivity index (χ2v) is 6.12. The number of carboxylic acid groups (broad SMARTS) is 1. The van der Waals surface area contributed by atoms with Crippen molar-refractivity contribution < 1.29 is 50.3 Å². The molecule has 0 aliphatic rings. The fourth-order valence-corrected chi connectivity index (χ4v) is 1.97. The van der Waals surface area contributed by atoms with Crippen LogP contribution in [0, 0.1) is 0 Å². The van der Waals surface area contributed by atoms with Crippen molar-refractivity contribution in [2.75, 3.05) is 13.7 Å². The smallest absolute Gasteiger partial charge is 0.341 e. The Kier molecular flexibility index (Phi) is 10.0. The number of nitrogens with two attached hydrogens (primary N) is 1. The molecule has 1 aromatic carbocycles. The molecule has 20 heavy (non-hydrogen) atoms. The first-order chi connectivity index (χ1) is 9.42. The van der Waals surface area contributed by atoms with Crippen LogP contribution < -0.4 is 10.5 Å². The van der Waals surface area contributed by atoms with E-state index < -0.39 is 18.5 Å². The Morgan fingerprint density at radius 3 is 2.40 bits per heavy atom. The number of ether oxygens (including phenoxy) is 2. The maximum atomic E-state index is 10.9. The van der Waals surface area contributed by atoms with Gasteiger partial charge in [-0.2, -0.15) is 0 Å². The summed E-state index contributed by atoms with van der Waals surface area (Å²) in [6, 6.07) is 6.21. The van der Waals surface area contributed by atoms with Gasteiger partial charge in [-0.3, -0.25) is 4.79 Å². The predicted molar refractivity (Wildman–Crippen MR) is 69.4 cm³/mol. The Balaban J connectivity index is 0.000000511. The Hall–Kier alpha value is -1.14. The van der Waals surface area contributed by atoms with Gasteiger partial charge in [0.1, 0.15) is 5.75 Å². The van der Waals surface area contributed by atoms with Crippen molar-refractivity contribution in [3.63, 3.8) is 0 Å². The average Bonchev–Trinajstić information content (AvgIpc) is 2.45. The Bertz CT molecular complexity index is 435. The van der Waals surface area contributed by atoms with Crippen molar-refractivity contribution in [3.8, 4) is 5.75 Å². The third-order valence-electron chi connectivity index (χ3n) is 2.31. The van der Waals surface area contributed by atoms with Gasteiger partial charge in [0.25, 0.3) is 5.91 Å². The second-order valence-electron chi connectivity index (χ2n) is 3.88. The zero-order chi connectivity index (χ0) is 15.5. The number of methoxy groups -OCH3 is 1. The first-order valence-electron chi connectivity index (χ1n) is 5.97. The molecule has 107 valence electrons. The van der Waals surface area contributed by atoms with Crippen LogP contribution in [-0.2, 0) is 35.7 Å². The summed E-state index contributed by atoms with van der Waals surface area (Å²) < 4.78 is 11.1. The summed E-state index contributed by atoms with van der Waals surface area (Å²) >= 11 is 0.918. The van der Waals surface area contributed by atoms with Gasteiger partial charge in [-0.15, -0.1) is 0 Å². The van der Waals surface area contributed by atoms with Gasteiger partial charge in [-0.25, -0.2) is 4.79 Å². The van der Waals surface area contributed by atoms with Crippen LogP contribution in [0.3, 0.4) is 0 Å². The molecule has 1 rings (SSSR count). The Morgan fingerprint density at radius 2 is 2.00 bits per heavy atom. The largest absolute Gasteiger partial charge is 0.481 e.